The van der Waals surface area contributed by atoms with Gasteiger partial charge in [0.05, 0.1) is 0 Å². The van der Waals surface area contributed by atoms with Gasteiger partial charge in [-0.1, -0.05) is 19.1 Å². The number of benzene rings is 1. The van der Waals surface area contributed by atoms with Crippen molar-refractivity contribution in [1.29, 1.82) is 0 Å². The summed E-state index contributed by atoms with van der Waals surface area (Å²) in [7, 11) is 0. The lowest BCUT2D eigenvalue weighted by Crippen LogP contribution is -2.11. The molecule has 0 N–H and O–H groups in total. The zero-order chi connectivity index (χ0) is 12.1. The quantitative estimate of drug-likeness (QED) is 0.471. The maximum Gasteiger partial charge on any atom is 0.326 e. The number of ether oxygens (including phenoxy) is 1. The highest BCUT2D eigenvalue weighted by atomic mass is 35.5. The molecule has 0 unspecified atom stereocenters. The molecule has 0 amide bonds. The van der Waals surface area contributed by atoms with Crippen LogP contribution in [0.25, 0.3) is 0 Å². The Hall–Kier alpha value is -0.730. The third kappa shape index (κ3) is 3.13. The summed E-state index contributed by atoms with van der Waals surface area (Å²) in [6.07, 6.45) is 0.788. The molecule has 1 aromatic carbocycles. The minimum absolute atomic E-state index is 0.139. The average molecular weight is 261 g/mol. The van der Waals surface area contributed by atoms with Gasteiger partial charge in [0.25, 0.3) is 0 Å². The monoisotopic (exact) mass is 260 g/mol. The zero-order valence-corrected chi connectivity index (χ0v) is 10.9. The third-order valence-electron chi connectivity index (χ3n) is 2.27. The zero-order valence-electron chi connectivity index (χ0n) is 9.35. The second kappa shape index (κ2) is 6.12. The SMILES string of the molecule is CCc1cc(CCl)cc(C)c1OC(=O)CCl. The van der Waals surface area contributed by atoms with Gasteiger partial charge in [-0.15, -0.1) is 23.2 Å². The maximum atomic E-state index is 11.2. The lowest BCUT2D eigenvalue weighted by molar-refractivity contribution is -0.131. The van der Waals surface area contributed by atoms with Crippen molar-refractivity contribution in [1.82, 2.24) is 0 Å². The van der Waals surface area contributed by atoms with E-state index >= 15 is 0 Å². The van der Waals surface area contributed by atoms with Crippen LogP contribution in [0, 0.1) is 6.92 Å². The molecule has 0 aliphatic rings. The molecule has 0 radical (unpaired) electrons. The first-order chi connectivity index (χ1) is 7.62. The Morgan fingerprint density at radius 3 is 2.56 bits per heavy atom. The minimum Gasteiger partial charge on any atom is -0.425 e. The van der Waals surface area contributed by atoms with Crippen LogP contribution in [0.1, 0.15) is 23.6 Å². The Bertz CT molecular complexity index is 389. The van der Waals surface area contributed by atoms with Crippen LogP contribution in [0.3, 0.4) is 0 Å². The average Bonchev–Trinajstić information content (AvgIpc) is 2.30. The minimum atomic E-state index is -0.432. The summed E-state index contributed by atoms with van der Waals surface area (Å²) >= 11 is 11.2. The van der Waals surface area contributed by atoms with E-state index in [2.05, 4.69) is 0 Å². The Balaban J connectivity index is 3.11. The Kier molecular flexibility index (Phi) is 5.10. The number of hydrogen-bond acceptors (Lipinski definition) is 2. The smallest absolute Gasteiger partial charge is 0.326 e. The highest BCUT2D eigenvalue weighted by Gasteiger charge is 2.11. The van der Waals surface area contributed by atoms with Gasteiger partial charge < -0.3 is 4.74 Å². The third-order valence-corrected chi connectivity index (χ3v) is 2.80. The Morgan fingerprint density at radius 2 is 2.06 bits per heavy atom. The van der Waals surface area contributed by atoms with E-state index in [4.69, 9.17) is 27.9 Å². The van der Waals surface area contributed by atoms with Crippen LogP contribution in [0.5, 0.6) is 5.75 Å². The molecule has 0 saturated carbocycles. The molecule has 2 nitrogen and oxygen atoms in total. The molecule has 0 fully saturated rings. The van der Waals surface area contributed by atoms with E-state index in [-0.39, 0.29) is 5.88 Å². The van der Waals surface area contributed by atoms with E-state index in [1.165, 1.54) is 0 Å². The van der Waals surface area contributed by atoms with Gasteiger partial charge in [-0.25, -0.2) is 0 Å². The van der Waals surface area contributed by atoms with Crippen LogP contribution in [0.15, 0.2) is 12.1 Å². The van der Waals surface area contributed by atoms with Gasteiger partial charge in [-0.3, -0.25) is 4.79 Å². The molecule has 16 heavy (non-hydrogen) atoms. The Morgan fingerprint density at radius 1 is 1.38 bits per heavy atom. The highest BCUT2D eigenvalue weighted by molar-refractivity contribution is 6.26. The summed E-state index contributed by atoms with van der Waals surface area (Å²) in [6.45, 7) is 3.90. The van der Waals surface area contributed by atoms with Crippen LogP contribution in [-0.2, 0) is 17.1 Å². The van der Waals surface area contributed by atoms with E-state index in [9.17, 15) is 4.79 Å². The molecular formula is C12H14Cl2O2. The van der Waals surface area contributed by atoms with Crippen LogP contribution in [0.2, 0.25) is 0 Å². The standard InChI is InChI=1S/C12H14Cl2O2/c1-3-10-5-9(6-13)4-8(2)12(10)16-11(15)7-14/h4-5H,3,6-7H2,1-2H3. The fourth-order valence-corrected chi connectivity index (χ4v) is 1.76. The van der Waals surface area contributed by atoms with Gasteiger partial charge in [-0.2, -0.15) is 0 Å². The molecule has 0 spiro atoms. The van der Waals surface area contributed by atoms with Crippen molar-refractivity contribution in [3.8, 4) is 5.75 Å². The normalized spacial score (nSPS) is 10.2. The number of rotatable bonds is 4. The summed E-state index contributed by atoms with van der Waals surface area (Å²) in [4.78, 5) is 11.2. The van der Waals surface area contributed by atoms with E-state index in [0.29, 0.717) is 11.6 Å². The van der Waals surface area contributed by atoms with Gasteiger partial charge in [0, 0.05) is 5.88 Å². The number of alkyl halides is 2. The number of hydrogen-bond donors (Lipinski definition) is 0. The summed E-state index contributed by atoms with van der Waals surface area (Å²) in [5, 5.41) is 0. The van der Waals surface area contributed by atoms with Crippen LogP contribution in [0.4, 0.5) is 0 Å². The maximum absolute atomic E-state index is 11.2. The topological polar surface area (TPSA) is 26.3 Å². The lowest BCUT2D eigenvalue weighted by Gasteiger charge is -2.12. The van der Waals surface area contributed by atoms with Crippen molar-refractivity contribution in [3.05, 3.63) is 28.8 Å². The van der Waals surface area contributed by atoms with Gasteiger partial charge >= 0.3 is 5.97 Å². The molecule has 0 atom stereocenters. The second-order valence-electron chi connectivity index (χ2n) is 3.50. The molecule has 4 heteroatoms. The number of halogens is 2. The largest absolute Gasteiger partial charge is 0.425 e. The summed E-state index contributed by atoms with van der Waals surface area (Å²) in [5.41, 5.74) is 2.92. The molecule has 1 rings (SSSR count). The predicted octanol–water partition coefficient (Wildman–Crippen LogP) is 3.44. The molecule has 0 bridgehead atoms. The summed E-state index contributed by atoms with van der Waals surface area (Å²) < 4.78 is 5.20. The van der Waals surface area contributed by atoms with Crippen LogP contribution in [-0.4, -0.2) is 11.8 Å². The van der Waals surface area contributed by atoms with E-state index in [0.717, 1.165) is 23.1 Å². The summed E-state index contributed by atoms with van der Waals surface area (Å²) in [6, 6.07) is 3.87. The van der Waals surface area contributed by atoms with Gasteiger partial charge in [0.2, 0.25) is 0 Å². The molecule has 0 aliphatic heterocycles. The predicted molar refractivity (Wildman–Crippen MR) is 66.5 cm³/mol. The molecule has 0 heterocycles. The second-order valence-corrected chi connectivity index (χ2v) is 4.03. The van der Waals surface area contributed by atoms with E-state index in [1.54, 1.807) is 0 Å². The van der Waals surface area contributed by atoms with Crippen molar-refractivity contribution in [2.24, 2.45) is 0 Å². The number of carbonyl (C=O) groups is 1. The van der Waals surface area contributed by atoms with E-state index in [1.807, 2.05) is 26.0 Å². The van der Waals surface area contributed by atoms with Crippen molar-refractivity contribution in [3.63, 3.8) is 0 Å². The van der Waals surface area contributed by atoms with Crippen molar-refractivity contribution in [2.45, 2.75) is 26.1 Å². The van der Waals surface area contributed by atoms with Gasteiger partial charge in [0.15, 0.2) is 0 Å². The lowest BCUT2D eigenvalue weighted by atomic mass is 10.0. The van der Waals surface area contributed by atoms with Crippen molar-refractivity contribution >= 4 is 29.2 Å². The number of carbonyl (C=O) groups excluding carboxylic acids is 1. The molecule has 1 aromatic rings. The van der Waals surface area contributed by atoms with Gasteiger partial charge in [0.1, 0.15) is 11.6 Å². The molecular weight excluding hydrogens is 247 g/mol. The first-order valence-corrected chi connectivity index (χ1v) is 6.14. The molecule has 0 saturated heterocycles. The Labute approximate surface area is 106 Å². The highest BCUT2D eigenvalue weighted by Crippen LogP contribution is 2.27. The number of esters is 1. The molecule has 0 aliphatic carbocycles. The molecule has 0 aromatic heterocycles. The summed E-state index contributed by atoms with van der Waals surface area (Å²) in [5.74, 6) is 0.498. The van der Waals surface area contributed by atoms with Crippen molar-refractivity contribution < 1.29 is 9.53 Å². The van der Waals surface area contributed by atoms with E-state index < -0.39 is 5.97 Å². The fourth-order valence-electron chi connectivity index (χ4n) is 1.55. The first kappa shape index (κ1) is 13.3. The number of aryl methyl sites for hydroxylation is 2. The van der Waals surface area contributed by atoms with Crippen LogP contribution >= 0.6 is 23.2 Å². The van der Waals surface area contributed by atoms with Crippen LogP contribution < -0.4 is 4.74 Å². The van der Waals surface area contributed by atoms with Crippen molar-refractivity contribution in [2.75, 3.05) is 5.88 Å². The molecule has 88 valence electrons. The first-order valence-electron chi connectivity index (χ1n) is 5.07. The van der Waals surface area contributed by atoms with Gasteiger partial charge in [-0.05, 0) is 30.0 Å². The fraction of sp³-hybridized carbons (Fsp3) is 0.417.